The lowest BCUT2D eigenvalue weighted by molar-refractivity contribution is -0.135. The summed E-state index contributed by atoms with van der Waals surface area (Å²) in [5, 5.41) is 0. The minimum atomic E-state index is -0.0105. The number of rotatable bonds is 3. The van der Waals surface area contributed by atoms with Crippen LogP contribution < -0.4 is 0 Å². The second-order valence-electron chi connectivity index (χ2n) is 5.30. The summed E-state index contributed by atoms with van der Waals surface area (Å²) in [6, 6.07) is 0. The Hall–Kier alpha value is -0.660. The highest BCUT2D eigenvalue weighted by atomic mass is 16.1. The number of carbonyl (C=O) groups excluding carboxylic acids is 2. The molecule has 0 amide bonds. The van der Waals surface area contributed by atoms with E-state index in [4.69, 9.17) is 0 Å². The lowest BCUT2D eigenvalue weighted by Gasteiger charge is -2.29. The van der Waals surface area contributed by atoms with Crippen LogP contribution in [0.1, 0.15) is 47.0 Å². The molecule has 86 valence electrons. The van der Waals surface area contributed by atoms with Crippen LogP contribution in [0.4, 0.5) is 0 Å². The SMILES string of the molecule is CC(C)C(C)C(=O)C1CC(=O)CCC1C. The van der Waals surface area contributed by atoms with Crippen molar-refractivity contribution < 1.29 is 9.59 Å². The van der Waals surface area contributed by atoms with E-state index < -0.39 is 0 Å². The van der Waals surface area contributed by atoms with Crippen LogP contribution in [0.15, 0.2) is 0 Å². The molecule has 1 fully saturated rings. The van der Waals surface area contributed by atoms with Crippen molar-refractivity contribution in [3.63, 3.8) is 0 Å². The van der Waals surface area contributed by atoms with Gasteiger partial charge in [0.15, 0.2) is 0 Å². The van der Waals surface area contributed by atoms with Gasteiger partial charge in [0, 0.05) is 24.7 Å². The summed E-state index contributed by atoms with van der Waals surface area (Å²) in [6.45, 7) is 8.22. The summed E-state index contributed by atoms with van der Waals surface area (Å²) < 4.78 is 0. The Morgan fingerprint density at radius 2 is 1.93 bits per heavy atom. The molecule has 0 heterocycles. The summed E-state index contributed by atoms with van der Waals surface area (Å²) in [7, 11) is 0. The minimum absolute atomic E-state index is 0.0105. The molecule has 3 unspecified atom stereocenters. The van der Waals surface area contributed by atoms with Crippen LogP contribution >= 0.6 is 0 Å². The second kappa shape index (κ2) is 4.91. The number of Topliss-reactive ketones (excluding diaryl/α,β-unsaturated/α-hetero) is 2. The normalized spacial score (nSPS) is 29.3. The smallest absolute Gasteiger partial charge is 0.139 e. The van der Waals surface area contributed by atoms with Gasteiger partial charge in [-0.15, -0.1) is 0 Å². The third-order valence-electron chi connectivity index (χ3n) is 3.83. The molecule has 0 saturated heterocycles. The van der Waals surface area contributed by atoms with Gasteiger partial charge in [-0.3, -0.25) is 9.59 Å². The highest BCUT2D eigenvalue weighted by Crippen LogP contribution is 2.31. The first-order chi connectivity index (χ1) is 6.93. The van der Waals surface area contributed by atoms with Crippen LogP contribution in [0.5, 0.6) is 0 Å². The molecule has 0 aromatic rings. The van der Waals surface area contributed by atoms with E-state index in [0.717, 1.165) is 6.42 Å². The topological polar surface area (TPSA) is 34.1 Å². The maximum atomic E-state index is 12.1. The molecule has 2 heteroatoms. The number of hydrogen-bond acceptors (Lipinski definition) is 2. The van der Waals surface area contributed by atoms with Gasteiger partial charge in [-0.25, -0.2) is 0 Å². The van der Waals surface area contributed by atoms with E-state index in [1.807, 2.05) is 6.92 Å². The quantitative estimate of drug-likeness (QED) is 0.717. The van der Waals surface area contributed by atoms with Crippen LogP contribution in [-0.4, -0.2) is 11.6 Å². The summed E-state index contributed by atoms with van der Waals surface area (Å²) in [5.74, 6) is 1.40. The number of carbonyl (C=O) groups is 2. The molecule has 1 rings (SSSR count). The third-order valence-corrected chi connectivity index (χ3v) is 3.83. The Kier molecular flexibility index (Phi) is 4.06. The first-order valence-corrected chi connectivity index (χ1v) is 5.99. The first kappa shape index (κ1) is 12.4. The molecular formula is C13H22O2. The van der Waals surface area contributed by atoms with E-state index in [1.165, 1.54) is 0 Å². The summed E-state index contributed by atoms with van der Waals surface area (Å²) in [4.78, 5) is 23.5. The zero-order valence-electron chi connectivity index (χ0n) is 10.2. The van der Waals surface area contributed by atoms with Gasteiger partial charge < -0.3 is 0 Å². The maximum Gasteiger partial charge on any atom is 0.139 e. The average molecular weight is 210 g/mol. The van der Waals surface area contributed by atoms with Crippen molar-refractivity contribution in [1.82, 2.24) is 0 Å². The van der Waals surface area contributed by atoms with Gasteiger partial charge in [0.2, 0.25) is 0 Å². The van der Waals surface area contributed by atoms with E-state index in [9.17, 15) is 9.59 Å². The van der Waals surface area contributed by atoms with Gasteiger partial charge in [-0.2, -0.15) is 0 Å². The Labute approximate surface area is 92.4 Å². The molecule has 15 heavy (non-hydrogen) atoms. The van der Waals surface area contributed by atoms with Crippen molar-refractivity contribution in [2.45, 2.75) is 47.0 Å². The molecule has 0 aliphatic heterocycles. The summed E-state index contributed by atoms with van der Waals surface area (Å²) in [6.07, 6.45) is 2.04. The molecular weight excluding hydrogens is 188 g/mol. The van der Waals surface area contributed by atoms with Crippen molar-refractivity contribution in [3.8, 4) is 0 Å². The lowest BCUT2D eigenvalue weighted by atomic mass is 9.73. The van der Waals surface area contributed by atoms with Gasteiger partial charge in [0.25, 0.3) is 0 Å². The fraction of sp³-hybridized carbons (Fsp3) is 0.846. The Morgan fingerprint density at radius 1 is 1.33 bits per heavy atom. The van der Waals surface area contributed by atoms with E-state index in [2.05, 4.69) is 20.8 Å². The van der Waals surface area contributed by atoms with Crippen molar-refractivity contribution in [3.05, 3.63) is 0 Å². The van der Waals surface area contributed by atoms with E-state index in [0.29, 0.717) is 30.5 Å². The molecule has 1 aliphatic rings. The monoisotopic (exact) mass is 210 g/mol. The van der Waals surface area contributed by atoms with E-state index in [1.54, 1.807) is 0 Å². The zero-order chi connectivity index (χ0) is 11.6. The molecule has 0 aromatic heterocycles. The van der Waals surface area contributed by atoms with Gasteiger partial charge in [-0.05, 0) is 18.3 Å². The van der Waals surface area contributed by atoms with E-state index >= 15 is 0 Å². The predicted octanol–water partition coefficient (Wildman–Crippen LogP) is 2.85. The Morgan fingerprint density at radius 3 is 2.47 bits per heavy atom. The van der Waals surface area contributed by atoms with Gasteiger partial charge in [0.1, 0.15) is 11.6 Å². The molecule has 0 N–H and O–H groups in total. The first-order valence-electron chi connectivity index (χ1n) is 5.99. The largest absolute Gasteiger partial charge is 0.300 e. The third kappa shape index (κ3) is 2.90. The predicted molar refractivity (Wildman–Crippen MR) is 60.5 cm³/mol. The molecule has 1 aliphatic carbocycles. The summed E-state index contributed by atoms with van der Waals surface area (Å²) >= 11 is 0. The maximum absolute atomic E-state index is 12.1. The van der Waals surface area contributed by atoms with Crippen molar-refractivity contribution >= 4 is 11.6 Å². The summed E-state index contributed by atoms with van der Waals surface area (Å²) in [5.41, 5.74) is 0. The van der Waals surface area contributed by atoms with Gasteiger partial charge >= 0.3 is 0 Å². The standard InChI is InChI=1S/C13H22O2/c1-8(2)10(4)13(15)12-7-11(14)6-5-9(12)3/h8-10,12H,5-7H2,1-4H3. The van der Waals surface area contributed by atoms with Gasteiger partial charge in [0.05, 0.1) is 0 Å². The second-order valence-corrected chi connectivity index (χ2v) is 5.30. The number of ketones is 2. The van der Waals surface area contributed by atoms with Crippen molar-refractivity contribution in [2.75, 3.05) is 0 Å². The fourth-order valence-corrected chi connectivity index (χ4v) is 2.19. The molecule has 0 bridgehead atoms. The van der Waals surface area contributed by atoms with Crippen LogP contribution in [0.2, 0.25) is 0 Å². The molecule has 3 atom stereocenters. The Bertz CT molecular complexity index is 255. The van der Waals surface area contributed by atoms with Crippen molar-refractivity contribution in [2.24, 2.45) is 23.7 Å². The van der Waals surface area contributed by atoms with E-state index in [-0.39, 0.29) is 17.6 Å². The molecule has 0 aromatic carbocycles. The molecule has 0 spiro atoms. The highest BCUT2D eigenvalue weighted by Gasteiger charge is 2.34. The van der Waals surface area contributed by atoms with Gasteiger partial charge in [-0.1, -0.05) is 27.7 Å². The number of hydrogen-bond donors (Lipinski definition) is 0. The van der Waals surface area contributed by atoms with Crippen LogP contribution in [0.25, 0.3) is 0 Å². The molecule has 1 saturated carbocycles. The van der Waals surface area contributed by atoms with Crippen LogP contribution in [-0.2, 0) is 9.59 Å². The van der Waals surface area contributed by atoms with Crippen LogP contribution in [0.3, 0.4) is 0 Å². The Balaban J connectivity index is 2.68. The zero-order valence-corrected chi connectivity index (χ0v) is 10.2. The average Bonchev–Trinajstić information content (AvgIpc) is 2.19. The lowest BCUT2D eigenvalue weighted by Crippen LogP contribution is -2.34. The highest BCUT2D eigenvalue weighted by molar-refractivity contribution is 5.90. The molecule has 2 nitrogen and oxygen atoms in total. The minimum Gasteiger partial charge on any atom is -0.300 e. The van der Waals surface area contributed by atoms with Crippen LogP contribution in [0, 0.1) is 23.7 Å². The van der Waals surface area contributed by atoms with Crippen molar-refractivity contribution in [1.29, 1.82) is 0 Å². The fourth-order valence-electron chi connectivity index (χ4n) is 2.19. The molecule has 0 radical (unpaired) electrons.